The Kier molecular flexibility index (Phi) is 10.1. The minimum Gasteiger partial charge on any atom is -0.487 e. The Hall–Kier alpha value is -3.86. The first kappa shape index (κ1) is 26.4. The second-order valence-electron chi connectivity index (χ2n) is 7.23. The Balaban J connectivity index is 0.000000254. The van der Waals surface area contributed by atoms with Crippen molar-refractivity contribution in [3.63, 3.8) is 0 Å². The molecule has 0 aliphatic rings. The van der Waals surface area contributed by atoms with Gasteiger partial charge in [0.05, 0.1) is 18.2 Å². The van der Waals surface area contributed by atoms with E-state index in [1.807, 2.05) is 49.4 Å². The lowest BCUT2D eigenvalue weighted by atomic mass is 10.0. The van der Waals surface area contributed by atoms with Crippen molar-refractivity contribution in [3.8, 4) is 22.9 Å². The van der Waals surface area contributed by atoms with Gasteiger partial charge in [0.25, 0.3) is 0 Å². The molecule has 0 amide bonds. The molecule has 3 aromatic carbocycles. The molecule has 4 nitrogen and oxygen atoms in total. The molecule has 0 unspecified atom stereocenters. The van der Waals surface area contributed by atoms with Crippen molar-refractivity contribution in [2.75, 3.05) is 6.61 Å². The van der Waals surface area contributed by atoms with E-state index in [1.165, 1.54) is 5.56 Å². The molecule has 178 valence electrons. The number of rotatable bonds is 8. The van der Waals surface area contributed by atoms with E-state index in [9.17, 15) is 22.4 Å². The molecule has 0 heterocycles. The molecule has 34 heavy (non-hydrogen) atoms. The Morgan fingerprint density at radius 3 is 1.91 bits per heavy atom. The quantitative estimate of drug-likeness (QED) is 0.215. The minimum atomic E-state index is -2.09. The van der Waals surface area contributed by atoms with Gasteiger partial charge >= 0.3 is 5.97 Å². The summed E-state index contributed by atoms with van der Waals surface area (Å²) in [4.78, 5) is 10.5. The van der Waals surface area contributed by atoms with E-state index in [0.717, 1.165) is 24.8 Å². The third-order valence-corrected chi connectivity index (χ3v) is 4.80. The first-order valence-corrected chi connectivity index (χ1v) is 10.6. The van der Waals surface area contributed by atoms with E-state index in [4.69, 9.17) is 10.4 Å². The second-order valence-corrected chi connectivity index (χ2v) is 7.23. The molecule has 8 heteroatoms. The fourth-order valence-electron chi connectivity index (χ4n) is 3.00. The van der Waals surface area contributed by atoms with Crippen molar-refractivity contribution in [2.45, 2.75) is 32.6 Å². The van der Waals surface area contributed by atoms with Gasteiger partial charge in [-0.1, -0.05) is 68.7 Å². The molecule has 0 saturated carbocycles. The van der Waals surface area contributed by atoms with Crippen LogP contribution in [0.2, 0.25) is 0 Å². The highest BCUT2D eigenvalue weighted by atomic mass is 19.2. The molecule has 0 aliphatic heterocycles. The lowest BCUT2D eigenvalue weighted by Gasteiger charge is -2.11. The maximum Gasteiger partial charge on any atom is 0.341 e. The van der Waals surface area contributed by atoms with Gasteiger partial charge in [-0.25, -0.2) is 13.6 Å². The van der Waals surface area contributed by atoms with Crippen LogP contribution in [0.25, 0.3) is 11.1 Å². The van der Waals surface area contributed by atoms with Gasteiger partial charge in [0.2, 0.25) is 11.6 Å². The zero-order valence-corrected chi connectivity index (χ0v) is 18.5. The Labute approximate surface area is 195 Å². The average Bonchev–Trinajstić information content (AvgIpc) is 2.85. The number of nitrogens with zero attached hydrogens (tertiary/aromatic N) is 1. The molecule has 0 radical (unpaired) electrons. The van der Waals surface area contributed by atoms with Crippen LogP contribution in [-0.4, -0.2) is 17.7 Å². The van der Waals surface area contributed by atoms with E-state index in [-0.39, 0.29) is 6.61 Å². The van der Waals surface area contributed by atoms with Crippen LogP contribution in [0.5, 0.6) is 5.75 Å². The third kappa shape index (κ3) is 6.82. The van der Waals surface area contributed by atoms with Crippen LogP contribution in [0.1, 0.15) is 48.5 Å². The maximum atomic E-state index is 13.5. The number of hydrogen-bond donors (Lipinski definition) is 1. The van der Waals surface area contributed by atoms with Crippen molar-refractivity contribution in [1.29, 1.82) is 5.26 Å². The fraction of sp³-hybridized carbons (Fsp3) is 0.231. The molecule has 0 aliphatic carbocycles. The number of carboxylic acids is 1. The number of carboxylic acid groups (broad SMARTS) is 1. The summed E-state index contributed by atoms with van der Waals surface area (Å²) in [5.74, 6) is -10.9. The van der Waals surface area contributed by atoms with E-state index in [0.29, 0.717) is 12.0 Å². The number of carbonyl (C=O) groups is 1. The number of ether oxygens (including phenoxy) is 1. The van der Waals surface area contributed by atoms with Crippen LogP contribution in [0, 0.1) is 34.6 Å². The smallest absolute Gasteiger partial charge is 0.341 e. The molecular weight excluding hydrogens is 450 g/mol. The molecule has 0 fully saturated rings. The van der Waals surface area contributed by atoms with Crippen molar-refractivity contribution in [1.82, 2.24) is 0 Å². The van der Waals surface area contributed by atoms with Crippen molar-refractivity contribution in [3.05, 3.63) is 89.0 Å². The molecule has 0 aromatic heterocycles. The van der Waals surface area contributed by atoms with Gasteiger partial charge in [-0.2, -0.15) is 14.0 Å². The van der Waals surface area contributed by atoms with E-state index >= 15 is 0 Å². The molecule has 3 aromatic rings. The van der Waals surface area contributed by atoms with Gasteiger partial charge < -0.3 is 9.84 Å². The molecule has 0 saturated heterocycles. The predicted molar refractivity (Wildman–Crippen MR) is 119 cm³/mol. The lowest BCUT2D eigenvalue weighted by Crippen LogP contribution is -2.12. The topological polar surface area (TPSA) is 70.3 Å². The number of benzene rings is 3. The summed E-state index contributed by atoms with van der Waals surface area (Å²) >= 11 is 0. The summed E-state index contributed by atoms with van der Waals surface area (Å²) in [5.41, 5.74) is 1.35. The van der Waals surface area contributed by atoms with Crippen LogP contribution in [-0.2, 0) is 0 Å². The van der Waals surface area contributed by atoms with E-state index in [1.54, 1.807) is 0 Å². The number of nitriles is 1. The summed E-state index contributed by atoms with van der Waals surface area (Å²) in [7, 11) is 0. The summed E-state index contributed by atoms with van der Waals surface area (Å²) in [5, 5.41) is 17.2. The predicted octanol–water partition coefficient (Wildman–Crippen LogP) is 7.13. The van der Waals surface area contributed by atoms with Crippen LogP contribution < -0.4 is 4.74 Å². The molecule has 3 rings (SSSR count). The summed E-state index contributed by atoms with van der Waals surface area (Å²) in [6, 6.07) is 19.8. The standard InChI is InChI=1S/C13H14F4O3.C13H9N/c1-2-3-4-5-6-20-12-10(16)8(14)7(13(18)19)9(15)11(12)17;14-10-11-6-8-13(9-7-11)12-4-2-1-3-5-12/h2-6H2,1H3,(H,18,19);1-9H. The largest absolute Gasteiger partial charge is 0.487 e. The average molecular weight is 473 g/mol. The minimum absolute atomic E-state index is 0.112. The lowest BCUT2D eigenvalue weighted by molar-refractivity contribution is 0.0682. The normalized spacial score (nSPS) is 10.1. The Morgan fingerprint density at radius 1 is 0.853 bits per heavy atom. The van der Waals surface area contributed by atoms with Gasteiger partial charge in [-0.15, -0.1) is 0 Å². The molecule has 0 atom stereocenters. The first-order valence-electron chi connectivity index (χ1n) is 10.6. The van der Waals surface area contributed by atoms with Gasteiger partial charge in [0.15, 0.2) is 17.4 Å². The van der Waals surface area contributed by atoms with Gasteiger partial charge in [-0.3, -0.25) is 0 Å². The van der Waals surface area contributed by atoms with Crippen molar-refractivity contribution < 1.29 is 32.2 Å². The highest BCUT2D eigenvalue weighted by molar-refractivity contribution is 5.88. The Morgan fingerprint density at radius 2 is 1.41 bits per heavy atom. The van der Waals surface area contributed by atoms with Crippen LogP contribution in [0.15, 0.2) is 54.6 Å². The number of aromatic carboxylic acids is 1. The highest BCUT2D eigenvalue weighted by Crippen LogP contribution is 2.30. The van der Waals surface area contributed by atoms with Gasteiger partial charge in [0, 0.05) is 0 Å². The zero-order chi connectivity index (χ0) is 25.1. The van der Waals surface area contributed by atoms with Crippen molar-refractivity contribution >= 4 is 5.97 Å². The van der Waals surface area contributed by atoms with Crippen LogP contribution >= 0.6 is 0 Å². The van der Waals surface area contributed by atoms with Gasteiger partial charge in [0.1, 0.15) is 5.56 Å². The number of hydrogen-bond acceptors (Lipinski definition) is 3. The van der Waals surface area contributed by atoms with Crippen LogP contribution in [0.4, 0.5) is 17.6 Å². The maximum absolute atomic E-state index is 13.5. The van der Waals surface area contributed by atoms with Crippen LogP contribution in [0.3, 0.4) is 0 Å². The molecule has 0 spiro atoms. The summed E-state index contributed by atoms with van der Waals surface area (Å²) in [6.07, 6.45) is 3.06. The fourth-order valence-corrected chi connectivity index (χ4v) is 3.00. The number of unbranched alkanes of at least 4 members (excludes halogenated alkanes) is 3. The van der Waals surface area contributed by atoms with E-state index < -0.39 is 40.6 Å². The summed E-state index contributed by atoms with van der Waals surface area (Å²) < 4.78 is 58.3. The molecule has 0 bridgehead atoms. The first-order chi connectivity index (χ1) is 16.3. The van der Waals surface area contributed by atoms with Gasteiger partial charge in [-0.05, 0) is 29.7 Å². The molecular formula is C26H23F4NO3. The number of halogens is 4. The van der Waals surface area contributed by atoms with Crippen molar-refractivity contribution in [2.24, 2.45) is 0 Å². The summed E-state index contributed by atoms with van der Waals surface area (Å²) in [6.45, 7) is 1.86. The third-order valence-electron chi connectivity index (χ3n) is 4.80. The van der Waals surface area contributed by atoms with E-state index in [2.05, 4.69) is 22.9 Å². The molecule has 1 N–H and O–H groups in total. The SMILES string of the molecule is CCCCCCOc1c(F)c(F)c(C(=O)O)c(F)c1F.N#Cc1ccc(-c2ccccc2)cc1. The monoisotopic (exact) mass is 473 g/mol. The Bertz CT molecular complexity index is 1110. The second kappa shape index (κ2) is 13.0. The zero-order valence-electron chi connectivity index (χ0n) is 18.5. The highest BCUT2D eigenvalue weighted by Gasteiger charge is 2.30.